The van der Waals surface area contributed by atoms with Crippen molar-refractivity contribution in [2.45, 2.75) is 45.6 Å². The Morgan fingerprint density at radius 2 is 1.83 bits per heavy atom. The molecule has 2 heteroatoms. The Morgan fingerprint density at radius 3 is 2.50 bits per heavy atom. The first-order chi connectivity index (χ1) is 8.68. The molecule has 0 heterocycles. The topological polar surface area (TPSA) is 12.0 Å². The third kappa shape index (κ3) is 3.32. The zero-order valence-corrected chi connectivity index (χ0v) is 11.5. The summed E-state index contributed by atoms with van der Waals surface area (Å²) < 4.78 is 13.5. The summed E-state index contributed by atoms with van der Waals surface area (Å²) in [5.74, 6) is 1.41. The third-order valence-electron chi connectivity index (χ3n) is 4.28. The molecule has 0 radical (unpaired) electrons. The van der Waals surface area contributed by atoms with Crippen LogP contribution in [0.1, 0.15) is 38.7 Å². The minimum atomic E-state index is -0.0796. The molecule has 0 amide bonds. The summed E-state index contributed by atoms with van der Waals surface area (Å²) in [7, 11) is 0. The van der Waals surface area contributed by atoms with E-state index in [1.165, 1.54) is 19.3 Å². The van der Waals surface area contributed by atoms with Gasteiger partial charge in [-0.1, -0.05) is 38.5 Å². The van der Waals surface area contributed by atoms with E-state index in [2.05, 4.69) is 19.2 Å². The summed E-state index contributed by atoms with van der Waals surface area (Å²) in [4.78, 5) is 0. The van der Waals surface area contributed by atoms with Gasteiger partial charge in [0.15, 0.2) is 0 Å². The second-order valence-corrected chi connectivity index (χ2v) is 5.71. The molecule has 1 N–H and O–H groups in total. The number of hydrogen-bond acceptors (Lipinski definition) is 1. The molecule has 1 aromatic carbocycles. The van der Waals surface area contributed by atoms with Crippen molar-refractivity contribution in [3.63, 3.8) is 0 Å². The minimum absolute atomic E-state index is 0.0796. The smallest absolute Gasteiger partial charge is 0.126 e. The molecule has 1 aromatic rings. The molecule has 0 bridgehead atoms. The highest BCUT2D eigenvalue weighted by atomic mass is 19.1. The van der Waals surface area contributed by atoms with Crippen molar-refractivity contribution in [3.05, 3.63) is 35.6 Å². The Morgan fingerprint density at radius 1 is 1.17 bits per heavy atom. The van der Waals surface area contributed by atoms with Gasteiger partial charge in [-0.3, -0.25) is 0 Å². The molecule has 2 unspecified atom stereocenters. The number of benzene rings is 1. The van der Waals surface area contributed by atoms with E-state index < -0.39 is 0 Å². The van der Waals surface area contributed by atoms with Gasteiger partial charge in [0.1, 0.15) is 5.82 Å². The normalized spacial score (nSPS) is 28.3. The first-order valence-electron chi connectivity index (χ1n) is 7.15. The molecule has 2 atom stereocenters. The van der Waals surface area contributed by atoms with Gasteiger partial charge in [-0.05, 0) is 49.3 Å². The van der Waals surface area contributed by atoms with Crippen LogP contribution in [0.5, 0.6) is 0 Å². The van der Waals surface area contributed by atoms with Crippen LogP contribution >= 0.6 is 0 Å². The van der Waals surface area contributed by atoms with Crippen LogP contribution in [-0.2, 0) is 6.42 Å². The maximum Gasteiger partial charge on any atom is 0.126 e. The fourth-order valence-corrected chi connectivity index (χ4v) is 3.16. The molecular formula is C16H24FN. The van der Waals surface area contributed by atoms with E-state index in [0.717, 1.165) is 30.4 Å². The highest BCUT2D eigenvalue weighted by molar-refractivity contribution is 5.17. The van der Waals surface area contributed by atoms with Crippen molar-refractivity contribution in [1.29, 1.82) is 0 Å². The van der Waals surface area contributed by atoms with Gasteiger partial charge in [0.2, 0.25) is 0 Å². The van der Waals surface area contributed by atoms with E-state index in [0.29, 0.717) is 6.04 Å². The van der Waals surface area contributed by atoms with Crippen LogP contribution in [0, 0.1) is 17.7 Å². The zero-order valence-electron chi connectivity index (χ0n) is 11.5. The van der Waals surface area contributed by atoms with Crippen LogP contribution in [0.15, 0.2) is 24.3 Å². The predicted molar refractivity (Wildman–Crippen MR) is 74.1 cm³/mol. The van der Waals surface area contributed by atoms with Gasteiger partial charge in [-0.2, -0.15) is 0 Å². The van der Waals surface area contributed by atoms with E-state index in [1.54, 1.807) is 12.1 Å². The van der Waals surface area contributed by atoms with Crippen molar-refractivity contribution in [1.82, 2.24) is 5.32 Å². The predicted octanol–water partition coefficient (Wildman–Crippen LogP) is 3.78. The van der Waals surface area contributed by atoms with Crippen LogP contribution in [0.25, 0.3) is 0 Å². The van der Waals surface area contributed by atoms with Crippen molar-refractivity contribution in [2.75, 3.05) is 6.54 Å². The monoisotopic (exact) mass is 249 g/mol. The molecule has 1 aliphatic carbocycles. The average molecular weight is 249 g/mol. The van der Waals surface area contributed by atoms with Crippen molar-refractivity contribution >= 4 is 0 Å². The third-order valence-corrected chi connectivity index (χ3v) is 4.28. The maximum absolute atomic E-state index is 13.5. The standard InChI is InChI=1S/C16H24FN/c1-12-6-5-7-13(2)16(12)18-11-10-14-8-3-4-9-15(14)17/h3-4,8-9,12-13,16,18H,5-7,10-11H2,1-2H3. The molecule has 18 heavy (non-hydrogen) atoms. The van der Waals surface area contributed by atoms with Gasteiger partial charge >= 0.3 is 0 Å². The molecule has 2 rings (SSSR count). The maximum atomic E-state index is 13.5. The fourth-order valence-electron chi connectivity index (χ4n) is 3.16. The van der Waals surface area contributed by atoms with Crippen LogP contribution in [0.2, 0.25) is 0 Å². The first-order valence-corrected chi connectivity index (χ1v) is 7.15. The quantitative estimate of drug-likeness (QED) is 0.856. The van der Waals surface area contributed by atoms with Gasteiger partial charge in [0, 0.05) is 6.04 Å². The zero-order chi connectivity index (χ0) is 13.0. The Bertz CT molecular complexity index is 367. The molecule has 1 nitrogen and oxygen atoms in total. The molecule has 0 spiro atoms. The summed E-state index contributed by atoms with van der Waals surface area (Å²) in [6, 6.07) is 7.68. The Labute approximate surface area is 110 Å². The molecule has 1 saturated carbocycles. The molecule has 0 aliphatic heterocycles. The van der Waals surface area contributed by atoms with Gasteiger partial charge in [-0.15, -0.1) is 0 Å². The Balaban J connectivity index is 1.83. The molecular weight excluding hydrogens is 225 g/mol. The van der Waals surface area contributed by atoms with Crippen molar-refractivity contribution < 1.29 is 4.39 Å². The van der Waals surface area contributed by atoms with Gasteiger partial charge < -0.3 is 5.32 Å². The van der Waals surface area contributed by atoms with E-state index in [4.69, 9.17) is 0 Å². The van der Waals surface area contributed by atoms with Gasteiger partial charge in [0.05, 0.1) is 0 Å². The summed E-state index contributed by atoms with van der Waals surface area (Å²) in [6.07, 6.45) is 4.78. The van der Waals surface area contributed by atoms with Crippen LogP contribution in [-0.4, -0.2) is 12.6 Å². The molecule has 0 aromatic heterocycles. The second kappa shape index (κ2) is 6.33. The van der Waals surface area contributed by atoms with E-state index in [9.17, 15) is 4.39 Å². The lowest BCUT2D eigenvalue weighted by atomic mass is 9.78. The average Bonchev–Trinajstić information content (AvgIpc) is 2.35. The summed E-state index contributed by atoms with van der Waals surface area (Å²) >= 11 is 0. The van der Waals surface area contributed by atoms with Crippen molar-refractivity contribution in [3.8, 4) is 0 Å². The summed E-state index contributed by atoms with van der Waals surface area (Å²) in [5, 5.41) is 3.63. The minimum Gasteiger partial charge on any atom is -0.313 e. The molecule has 1 fully saturated rings. The fraction of sp³-hybridized carbons (Fsp3) is 0.625. The van der Waals surface area contributed by atoms with Crippen LogP contribution < -0.4 is 5.32 Å². The lowest BCUT2D eigenvalue weighted by Crippen LogP contribution is -2.43. The Hall–Kier alpha value is -0.890. The van der Waals surface area contributed by atoms with Gasteiger partial charge in [0.25, 0.3) is 0 Å². The SMILES string of the molecule is CC1CCCC(C)C1NCCc1ccccc1F. The van der Waals surface area contributed by atoms with E-state index >= 15 is 0 Å². The summed E-state index contributed by atoms with van der Waals surface area (Å²) in [6.45, 7) is 5.53. The molecule has 1 aliphatic rings. The van der Waals surface area contributed by atoms with Crippen molar-refractivity contribution in [2.24, 2.45) is 11.8 Å². The number of halogens is 1. The highest BCUT2D eigenvalue weighted by Crippen LogP contribution is 2.28. The second-order valence-electron chi connectivity index (χ2n) is 5.71. The lowest BCUT2D eigenvalue weighted by molar-refractivity contribution is 0.210. The van der Waals surface area contributed by atoms with Gasteiger partial charge in [-0.25, -0.2) is 4.39 Å². The number of rotatable bonds is 4. The molecule has 0 saturated heterocycles. The summed E-state index contributed by atoms with van der Waals surface area (Å²) in [5.41, 5.74) is 0.820. The largest absolute Gasteiger partial charge is 0.313 e. The number of nitrogens with one attached hydrogen (secondary N) is 1. The highest BCUT2D eigenvalue weighted by Gasteiger charge is 2.26. The first kappa shape index (κ1) is 13.5. The lowest BCUT2D eigenvalue weighted by Gasteiger charge is -2.35. The van der Waals surface area contributed by atoms with Crippen LogP contribution in [0.4, 0.5) is 4.39 Å². The molecule has 100 valence electrons. The van der Waals surface area contributed by atoms with E-state index in [-0.39, 0.29) is 5.82 Å². The Kier molecular flexibility index (Phi) is 4.76. The van der Waals surface area contributed by atoms with Crippen LogP contribution in [0.3, 0.4) is 0 Å². The number of hydrogen-bond donors (Lipinski definition) is 1. The van der Waals surface area contributed by atoms with E-state index in [1.807, 2.05) is 12.1 Å².